The third-order valence-corrected chi connectivity index (χ3v) is 4.94. The molecule has 1 atom stereocenters. The standard InChI is InChI=1S/C19H20Cl2FN7O/c1-11(6-16(23)30)9-29-10-12(7-26-29)27-19-24-5-4-17(28-19)25-8-13-14(20)2-3-15(22)18(13)21/h2-5,7,10-11H,6,8-9H2,1H3,(H2,23,30)(H2,24,25,27,28). The highest BCUT2D eigenvalue weighted by molar-refractivity contribution is 6.36. The Kier molecular flexibility index (Phi) is 7.07. The minimum Gasteiger partial charge on any atom is -0.370 e. The molecular weight excluding hydrogens is 432 g/mol. The van der Waals surface area contributed by atoms with Crippen LogP contribution >= 0.6 is 23.2 Å². The van der Waals surface area contributed by atoms with Crippen molar-refractivity contribution in [1.29, 1.82) is 0 Å². The molecule has 0 saturated carbocycles. The van der Waals surface area contributed by atoms with E-state index >= 15 is 0 Å². The van der Waals surface area contributed by atoms with Gasteiger partial charge in [-0.05, 0) is 24.1 Å². The molecule has 2 aromatic heterocycles. The van der Waals surface area contributed by atoms with Crippen molar-refractivity contribution in [3.8, 4) is 0 Å². The number of halogens is 3. The van der Waals surface area contributed by atoms with Crippen LogP contribution in [0.4, 0.5) is 21.8 Å². The molecule has 0 spiro atoms. The molecule has 158 valence electrons. The summed E-state index contributed by atoms with van der Waals surface area (Å²) in [6, 6.07) is 4.34. The van der Waals surface area contributed by atoms with Gasteiger partial charge in [-0.2, -0.15) is 10.1 Å². The molecule has 8 nitrogen and oxygen atoms in total. The van der Waals surface area contributed by atoms with Gasteiger partial charge < -0.3 is 16.4 Å². The number of nitrogens with two attached hydrogens (primary N) is 1. The summed E-state index contributed by atoms with van der Waals surface area (Å²) in [6.07, 6.45) is 5.28. The van der Waals surface area contributed by atoms with E-state index in [0.717, 1.165) is 0 Å². The first-order chi connectivity index (χ1) is 14.3. The van der Waals surface area contributed by atoms with Gasteiger partial charge in [-0.15, -0.1) is 0 Å². The van der Waals surface area contributed by atoms with Gasteiger partial charge in [0.25, 0.3) is 0 Å². The molecule has 1 aromatic carbocycles. The van der Waals surface area contributed by atoms with Crippen LogP contribution < -0.4 is 16.4 Å². The van der Waals surface area contributed by atoms with E-state index in [1.807, 2.05) is 6.92 Å². The van der Waals surface area contributed by atoms with Crippen LogP contribution in [0.25, 0.3) is 0 Å². The lowest BCUT2D eigenvalue weighted by atomic mass is 10.1. The number of carbonyl (C=O) groups is 1. The topological polar surface area (TPSA) is 111 Å². The lowest BCUT2D eigenvalue weighted by Gasteiger charge is -2.11. The first-order valence-corrected chi connectivity index (χ1v) is 9.84. The number of hydrogen-bond acceptors (Lipinski definition) is 6. The second-order valence-electron chi connectivity index (χ2n) is 6.79. The Hall–Kier alpha value is -2.91. The van der Waals surface area contributed by atoms with E-state index in [-0.39, 0.29) is 23.4 Å². The van der Waals surface area contributed by atoms with Gasteiger partial charge >= 0.3 is 0 Å². The molecule has 0 bridgehead atoms. The minimum atomic E-state index is -0.537. The zero-order valence-electron chi connectivity index (χ0n) is 16.1. The summed E-state index contributed by atoms with van der Waals surface area (Å²) < 4.78 is 15.4. The molecule has 0 fully saturated rings. The maximum atomic E-state index is 13.6. The Bertz CT molecular complexity index is 1040. The predicted molar refractivity (Wildman–Crippen MR) is 114 cm³/mol. The second kappa shape index (κ2) is 9.73. The number of rotatable bonds is 9. The zero-order valence-corrected chi connectivity index (χ0v) is 17.6. The summed E-state index contributed by atoms with van der Waals surface area (Å²) >= 11 is 12.1. The van der Waals surface area contributed by atoms with E-state index < -0.39 is 5.82 Å². The number of nitrogens with one attached hydrogen (secondary N) is 2. The Labute approximate surface area is 182 Å². The molecule has 1 amide bonds. The Morgan fingerprint density at radius 2 is 2.13 bits per heavy atom. The number of anilines is 3. The average Bonchev–Trinajstić information content (AvgIpc) is 3.11. The van der Waals surface area contributed by atoms with Crippen molar-refractivity contribution < 1.29 is 9.18 Å². The van der Waals surface area contributed by atoms with Crippen LogP contribution in [0.1, 0.15) is 18.9 Å². The van der Waals surface area contributed by atoms with Gasteiger partial charge in [0, 0.05) is 42.5 Å². The molecule has 0 radical (unpaired) electrons. The van der Waals surface area contributed by atoms with Crippen molar-refractivity contribution in [2.45, 2.75) is 26.4 Å². The fourth-order valence-corrected chi connectivity index (χ4v) is 3.32. The molecule has 1 unspecified atom stereocenters. The van der Waals surface area contributed by atoms with Crippen LogP contribution in [-0.2, 0) is 17.9 Å². The molecule has 0 aliphatic rings. The largest absolute Gasteiger partial charge is 0.370 e. The van der Waals surface area contributed by atoms with E-state index in [9.17, 15) is 9.18 Å². The molecule has 4 N–H and O–H groups in total. The van der Waals surface area contributed by atoms with Crippen LogP contribution in [-0.4, -0.2) is 25.7 Å². The van der Waals surface area contributed by atoms with E-state index in [0.29, 0.717) is 41.0 Å². The molecule has 3 aromatic rings. The van der Waals surface area contributed by atoms with Crippen LogP contribution in [0, 0.1) is 11.7 Å². The average molecular weight is 452 g/mol. The highest BCUT2D eigenvalue weighted by Crippen LogP contribution is 2.28. The van der Waals surface area contributed by atoms with Gasteiger partial charge in [0.2, 0.25) is 11.9 Å². The lowest BCUT2D eigenvalue weighted by molar-refractivity contribution is -0.118. The molecule has 11 heteroatoms. The fourth-order valence-electron chi connectivity index (χ4n) is 2.81. The number of amides is 1. The Balaban J connectivity index is 1.62. The van der Waals surface area contributed by atoms with E-state index in [2.05, 4.69) is 25.7 Å². The third kappa shape index (κ3) is 5.80. The van der Waals surface area contributed by atoms with Crippen molar-refractivity contribution in [2.24, 2.45) is 11.7 Å². The lowest BCUT2D eigenvalue weighted by Crippen LogP contribution is -2.18. The summed E-state index contributed by atoms with van der Waals surface area (Å²) in [5, 5.41) is 10.7. The summed E-state index contributed by atoms with van der Waals surface area (Å²) in [5.74, 6) is 0.0460. The monoisotopic (exact) mass is 451 g/mol. The Morgan fingerprint density at radius 1 is 1.33 bits per heavy atom. The van der Waals surface area contributed by atoms with Crippen LogP contribution in [0.5, 0.6) is 0 Å². The van der Waals surface area contributed by atoms with Crippen LogP contribution in [0.3, 0.4) is 0 Å². The maximum Gasteiger partial charge on any atom is 0.229 e. The van der Waals surface area contributed by atoms with Crippen LogP contribution in [0.15, 0.2) is 36.8 Å². The van der Waals surface area contributed by atoms with Gasteiger partial charge in [0.15, 0.2) is 0 Å². The second-order valence-corrected chi connectivity index (χ2v) is 7.58. The molecule has 2 heterocycles. The summed E-state index contributed by atoms with van der Waals surface area (Å²) in [6.45, 7) is 2.68. The number of aromatic nitrogens is 4. The van der Waals surface area contributed by atoms with Crippen molar-refractivity contribution in [3.05, 3.63) is 58.2 Å². The van der Waals surface area contributed by atoms with Gasteiger partial charge in [-0.1, -0.05) is 30.1 Å². The first kappa shape index (κ1) is 21.8. The molecule has 0 saturated heterocycles. The molecule has 0 aliphatic carbocycles. The van der Waals surface area contributed by atoms with Crippen molar-refractivity contribution >= 4 is 46.6 Å². The SMILES string of the molecule is CC(CC(N)=O)Cn1cc(Nc2nccc(NCc3c(Cl)ccc(F)c3Cl)n2)cn1. The normalized spacial score (nSPS) is 11.9. The number of primary amides is 1. The van der Waals surface area contributed by atoms with Crippen molar-refractivity contribution in [3.63, 3.8) is 0 Å². The summed E-state index contributed by atoms with van der Waals surface area (Å²) in [4.78, 5) is 19.5. The van der Waals surface area contributed by atoms with Gasteiger partial charge in [-0.3, -0.25) is 9.48 Å². The maximum absolute atomic E-state index is 13.6. The number of carbonyl (C=O) groups excluding carboxylic acids is 1. The van der Waals surface area contributed by atoms with E-state index in [1.165, 1.54) is 12.1 Å². The fraction of sp³-hybridized carbons (Fsp3) is 0.263. The quantitative estimate of drug-likeness (QED) is 0.424. The van der Waals surface area contributed by atoms with Crippen molar-refractivity contribution in [1.82, 2.24) is 19.7 Å². The molecule has 30 heavy (non-hydrogen) atoms. The third-order valence-electron chi connectivity index (χ3n) is 4.18. The number of benzene rings is 1. The van der Waals surface area contributed by atoms with Crippen LogP contribution in [0.2, 0.25) is 10.0 Å². The highest BCUT2D eigenvalue weighted by atomic mass is 35.5. The molecular formula is C19H20Cl2FN7O. The van der Waals surface area contributed by atoms with Gasteiger partial charge in [-0.25, -0.2) is 9.37 Å². The highest BCUT2D eigenvalue weighted by Gasteiger charge is 2.12. The molecule has 0 aliphatic heterocycles. The minimum absolute atomic E-state index is 0.0274. The molecule has 3 rings (SSSR count). The van der Waals surface area contributed by atoms with Crippen molar-refractivity contribution in [2.75, 3.05) is 10.6 Å². The first-order valence-electron chi connectivity index (χ1n) is 9.09. The van der Waals surface area contributed by atoms with E-state index in [1.54, 1.807) is 29.3 Å². The predicted octanol–water partition coefficient (Wildman–Crippen LogP) is 3.99. The summed E-state index contributed by atoms with van der Waals surface area (Å²) in [7, 11) is 0. The van der Waals surface area contributed by atoms with Gasteiger partial charge in [0.1, 0.15) is 11.6 Å². The summed E-state index contributed by atoms with van der Waals surface area (Å²) in [5.41, 5.74) is 6.35. The number of nitrogens with zero attached hydrogens (tertiary/aromatic N) is 4. The zero-order chi connectivity index (χ0) is 21.7. The van der Waals surface area contributed by atoms with E-state index in [4.69, 9.17) is 28.9 Å². The van der Waals surface area contributed by atoms with Gasteiger partial charge in [0.05, 0.1) is 16.9 Å². The smallest absolute Gasteiger partial charge is 0.229 e. The Morgan fingerprint density at radius 3 is 2.90 bits per heavy atom. The number of hydrogen-bond donors (Lipinski definition) is 3.